The molecular formula is C62H80N4O17. The van der Waals surface area contributed by atoms with Crippen LogP contribution in [-0.2, 0) is 63.7 Å². The van der Waals surface area contributed by atoms with Gasteiger partial charge in [-0.2, -0.15) is 0 Å². The number of hydrogen-bond donors (Lipinski definition) is 2. The second kappa shape index (κ2) is 31.3. The number of fused-ring (bicyclic) bond motifs is 1. The summed E-state index contributed by atoms with van der Waals surface area (Å²) in [6, 6.07) is 16.1. The number of aryl methyl sites for hydroxylation is 1. The van der Waals surface area contributed by atoms with Gasteiger partial charge in [0.2, 0.25) is 17.6 Å². The van der Waals surface area contributed by atoms with Gasteiger partial charge in [0, 0.05) is 63.0 Å². The van der Waals surface area contributed by atoms with E-state index in [1.165, 1.54) is 30.0 Å². The van der Waals surface area contributed by atoms with Crippen molar-refractivity contribution in [2.75, 3.05) is 72.3 Å². The highest BCUT2D eigenvalue weighted by Gasteiger charge is 2.53. The minimum Gasteiger partial charge on any atom is -0.493 e. The van der Waals surface area contributed by atoms with Gasteiger partial charge in [-0.25, -0.2) is 4.79 Å². The maximum absolute atomic E-state index is 14.1. The van der Waals surface area contributed by atoms with Gasteiger partial charge in [-0.3, -0.25) is 53.4 Å². The number of likely N-dealkylation sites (tertiary alicyclic amines) is 1. The lowest BCUT2D eigenvalue weighted by Crippen LogP contribution is -2.62. The van der Waals surface area contributed by atoms with E-state index in [4.69, 9.17) is 33.2 Å². The molecular weight excluding hydrogens is 1070 g/mol. The quantitative estimate of drug-likeness (QED) is 0.0251. The number of hydrogen-bond acceptors (Lipinski definition) is 17. The smallest absolute Gasteiger partial charge is 0.329 e. The second-order valence-corrected chi connectivity index (χ2v) is 21.8. The van der Waals surface area contributed by atoms with Crippen LogP contribution in [-0.4, -0.2) is 147 Å². The van der Waals surface area contributed by atoms with E-state index < -0.39 is 64.4 Å². The average Bonchev–Trinajstić information content (AvgIpc) is 2.00. The van der Waals surface area contributed by atoms with E-state index in [1.807, 2.05) is 19.1 Å². The summed E-state index contributed by atoms with van der Waals surface area (Å²) in [6.07, 6.45) is 5.18. The number of nitrogens with one attached hydrogen (secondary N) is 2. The number of rotatable bonds is 35. The molecule has 6 amide bonds. The van der Waals surface area contributed by atoms with Crippen LogP contribution in [0.3, 0.4) is 0 Å². The molecule has 3 aromatic rings. The van der Waals surface area contributed by atoms with Crippen molar-refractivity contribution in [3.05, 3.63) is 82.9 Å². The summed E-state index contributed by atoms with van der Waals surface area (Å²) in [4.78, 5) is 133. The topological polar surface area (TPSA) is 266 Å². The molecule has 3 aromatic carbocycles. The van der Waals surface area contributed by atoms with Crippen molar-refractivity contribution in [1.82, 2.24) is 15.1 Å². The maximum Gasteiger partial charge on any atom is 0.329 e. The van der Waals surface area contributed by atoms with E-state index >= 15 is 0 Å². The van der Waals surface area contributed by atoms with Crippen LogP contribution in [0.15, 0.2) is 60.7 Å². The van der Waals surface area contributed by atoms with Gasteiger partial charge >= 0.3 is 5.97 Å². The zero-order chi connectivity index (χ0) is 60.1. The number of carbonyl (C=O) groups excluding carboxylic acids is 10. The van der Waals surface area contributed by atoms with Crippen molar-refractivity contribution in [3.63, 3.8) is 0 Å². The largest absolute Gasteiger partial charge is 0.493 e. The summed E-state index contributed by atoms with van der Waals surface area (Å²) in [5.74, 6) is -3.83. The first-order chi connectivity index (χ1) is 39.8. The average molecular weight is 1150 g/mol. The Labute approximate surface area is 485 Å². The number of esters is 1. The Morgan fingerprint density at radius 2 is 1.42 bits per heavy atom. The van der Waals surface area contributed by atoms with Crippen LogP contribution >= 0.6 is 0 Å². The Hall–Kier alpha value is -7.36. The first-order valence-corrected chi connectivity index (χ1v) is 28.7. The van der Waals surface area contributed by atoms with Gasteiger partial charge in [-0.05, 0) is 125 Å². The fraction of sp³-hybridized carbons (Fsp3) is 0.548. The molecule has 0 aromatic heterocycles. The molecule has 3 aliphatic heterocycles. The third-order valence-corrected chi connectivity index (χ3v) is 15.4. The molecule has 2 fully saturated rings. The predicted octanol–water partition coefficient (Wildman–Crippen LogP) is 7.42. The molecule has 3 aliphatic rings. The molecule has 2 saturated heterocycles. The Bertz CT molecular complexity index is 2830. The van der Waals surface area contributed by atoms with Crippen LogP contribution in [0.4, 0.5) is 5.69 Å². The van der Waals surface area contributed by atoms with Crippen molar-refractivity contribution < 1.29 is 81.1 Å². The van der Waals surface area contributed by atoms with Gasteiger partial charge in [-0.15, -0.1) is 0 Å². The molecule has 83 heavy (non-hydrogen) atoms. The van der Waals surface area contributed by atoms with Gasteiger partial charge in [0.25, 0.3) is 23.6 Å². The Morgan fingerprint density at radius 3 is 2.10 bits per heavy atom. The summed E-state index contributed by atoms with van der Waals surface area (Å²) in [5, 5.41) is 5.08. The first kappa shape index (κ1) is 64.8. The van der Waals surface area contributed by atoms with E-state index in [0.717, 1.165) is 10.5 Å². The van der Waals surface area contributed by atoms with Crippen LogP contribution in [0.2, 0.25) is 0 Å². The molecule has 21 nitrogen and oxygen atoms in total. The van der Waals surface area contributed by atoms with E-state index in [2.05, 4.69) is 10.6 Å². The highest BCUT2D eigenvalue weighted by Crippen LogP contribution is 2.38. The summed E-state index contributed by atoms with van der Waals surface area (Å²) < 4.78 is 39.7. The zero-order valence-electron chi connectivity index (χ0n) is 48.7. The van der Waals surface area contributed by atoms with Crippen LogP contribution in [0.1, 0.15) is 162 Å². The monoisotopic (exact) mass is 1150 g/mol. The number of nitrogens with zero attached hydrogens (tertiary/aromatic N) is 2. The first-order valence-electron chi connectivity index (χ1n) is 28.7. The molecule has 6 rings (SSSR count). The molecule has 0 spiro atoms. The minimum absolute atomic E-state index is 0.00622. The highest BCUT2D eigenvalue weighted by molar-refractivity contribution is 6.38. The van der Waals surface area contributed by atoms with Crippen LogP contribution in [0.5, 0.6) is 17.2 Å². The Kier molecular flexibility index (Phi) is 24.5. The molecule has 3 atom stereocenters. The number of anilines is 1. The van der Waals surface area contributed by atoms with E-state index in [9.17, 15) is 47.9 Å². The van der Waals surface area contributed by atoms with Crippen LogP contribution in [0, 0.1) is 5.41 Å². The van der Waals surface area contributed by atoms with Gasteiger partial charge in [0.15, 0.2) is 17.3 Å². The van der Waals surface area contributed by atoms with Gasteiger partial charge in [0.1, 0.15) is 35.8 Å². The number of ether oxygens (including phenoxy) is 7. The third-order valence-electron chi connectivity index (χ3n) is 15.4. The van der Waals surface area contributed by atoms with Crippen LogP contribution < -0.4 is 24.8 Å². The summed E-state index contributed by atoms with van der Waals surface area (Å²) >= 11 is 0. The number of unbranched alkanes of at least 4 members (excludes halogenated alkanes) is 2. The third kappa shape index (κ3) is 17.8. The predicted molar refractivity (Wildman–Crippen MR) is 303 cm³/mol. The number of Topliss-reactive ketones (excluding diaryl/α,β-unsaturated/α-hetero) is 3. The van der Waals surface area contributed by atoms with Gasteiger partial charge in [0.05, 0.1) is 51.8 Å². The standard InChI is InChI=1S/C62H80N4O17/c1-7-61(2,3)55(71)58(74)65-31-11-8-21-47(65)59(75)83-48(26-23-41-24-27-49(77-5)51(38-41)78-6)42-16-14-17-43(39-42)63-52(69)28-25-44(67)18-9-12-32-79-34-36-81-37-35-80-33-13-10-19-45(68)40-82-50-22-15-20-46-54(50)57(73)66(56(46)72)62(4)30-29-53(70)64-60(62)76/h14-17,20,22,24,27,38-39,47-48H,7-13,18-19,21,23,25-26,28-37,40H2,1-6H3,(H,63,69)(H,64,70,76)/t47?,48-,62-/m1/s1. The SMILES string of the molecule is CCC(C)(C)C(=O)C(=O)N1CCCCC1C(=O)O[C@H](CCc1ccc(OC)c(OC)c1)c1cccc(NC(=O)CCC(=O)CCCCOCCOCCOCCCCC(=O)COc2cccc3c2C(=O)N([C@]2(C)CCC(=O)NC2=O)C3=O)c1. The van der Waals surface area contributed by atoms with Crippen molar-refractivity contribution in [3.8, 4) is 17.2 Å². The Balaban J connectivity index is 0.826. The van der Waals surface area contributed by atoms with E-state index in [-0.39, 0.29) is 79.6 Å². The fourth-order valence-corrected chi connectivity index (χ4v) is 9.92. The van der Waals surface area contributed by atoms with Crippen molar-refractivity contribution in [2.45, 2.75) is 148 Å². The molecule has 0 bridgehead atoms. The lowest BCUT2D eigenvalue weighted by molar-refractivity contribution is -0.164. The van der Waals surface area contributed by atoms with Gasteiger partial charge in [-0.1, -0.05) is 45.0 Å². The summed E-state index contributed by atoms with van der Waals surface area (Å²) in [5.41, 5.74) is -0.402. The van der Waals surface area contributed by atoms with Crippen molar-refractivity contribution >= 4 is 64.4 Å². The Morgan fingerprint density at radius 1 is 0.747 bits per heavy atom. The molecule has 21 heteroatoms. The minimum atomic E-state index is -1.54. The molecule has 3 heterocycles. The zero-order valence-corrected chi connectivity index (χ0v) is 48.7. The number of benzene rings is 3. The van der Waals surface area contributed by atoms with Crippen molar-refractivity contribution in [1.29, 1.82) is 0 Å². The number of piperidine rings is 2. The number of imide groups is 2. The molecule has 0 saturated carbocycles. The summed E-state index contributed by atoms with van der Waals surface area (Å²) in [6.45, 7) is 9.01. The second-order valence-electron chi connectivity index (χ2n) is 21.8. The number of methoxy groups -OCH3 is 2. The highest BCUT2D eigenvalue weighted by atomic mass is 16.6. The molecule has 0 aliphatic carbocycles. The molecule has 0 radical (unpaired) electrons. The van der Waals surface area contributed by atoms with E-state index in [0.29, 0.717) is 133 Å². The number of amides is 6. The van der Waals surface area contributed by atoms with E-state index in [1.54, 1.807) is 58.4 Å². The lowest BCUT2D eigenvalue weighted by atomic mass is 9.84. The molecule has 2 N–H and O–H groups in total. The number of ketones is 3. The molecule has 450 valence electrons. The number of carbonyl (C=O) groups is 10. The normalized spacial score (nSPS) is 17.3. The fourth-order valence-electron chi connectivity index (χ4n) is 9.92. The lowest BCUT2D eigenvalue weighted by Gasteiger charge is -2.38. The summed E-state index contributed by atoms with van der Waals surface area (Å²) in [7, 11) is 3.10. The van der Waals surface area contributed by atoms with Gasteiger partial charge < -0.3 is 43.4 Å². The molecule has 1 unspecified atom stereocenters. The van der Waals surface area contributed by atoms with Crippen molar-refractivity contribution in [2.24, 2.45) is 5.41 Å². The van der Waals surface area contributed by atoms with Crippen LogP contribution in [0.25, 0.3) is 0 Å². The maximum atomic E-state index is 14.1.